The predicted octanol–water partition coefficient (Wildman–Crippen LogP) is 3.52. The quantitative estimate of drug-likeness (QED) is 0.925. The molecule has 1 aromatic carbocycles. The van der Waals surface area contributed by atoms with Gasteiger partial charge in [-0.2, -0.15) is 0 Å². The SMILES string of the molecule is NCC1(CC(=O)N2CCCC2c2cccc(Cl)c2)CCC1. The van der Waals surface area contributed by atoms with Crippen LogP contribution in [-0.4, -0.2) is 23.9 Å². The van der Waals surface area contributed by atoms with Crippen molar-refractivity contribution in [1.82, 2.24) is 4.90 Å². The topological polar surface area (TPSA) is 46.3 Å². The van der Waals surface area contributed by atoms with Gasteiger partial charge in [-0.15, -0.1) is 0 Å². The fraction of sp³-hybridized carbons (Fsp3) is 0.588. The molecule has 0 radical (unpaired) electrons. The highest BCUT2D eigenvalue weighted by Crippen LogP contribution is 2.44. The number of nitrogens with two attached hydrogens (primary N) is 1. The van der Waals surface area contributed by atoms with Crippen LogP contribution in [0.4, 0.5) is 0 Å². The molecule has 0 spiro atoms. The van der Waals surface area contributed by atoms with Gasteiger partial charge in [-0.3, -0.25) is 4.79 Å². The summed E-state index contributed by atoms with van der Waals surface area (Å²) < 4.78 is 0. The van der Waals surface area contributed by atoms with Crippen molar-refractivity contribution in [3.8, 4) is 0 Å². The first-order valence-corrected chi connectivity index (χ1v) is 8.26. The molecule has 1 amide bonds. The van der Waals surface area contributed by atoms with Crippen LogP contribution in [0.3, 0.4) is 0 Å². The van der Waals surface area contributed by atoms with Crippen LogP contribution >= 0.6 is 11.6 Å². The first-order valence-electron chi connectivity index (χ1n) is 7.89. The fourth-order valence-electron chi connectivity index (χ4n) is 3.68. The van der Waals surface area contributed by atoms with Gasteiger partial charge in [-0.1, -0.05) is 30.2 Å². The maximum Gasteiger partial charge on any atom is 0.223 e. The summed E-state index contributed by atoms with van der Waals surface area (Å²) in [6, 6.07) is 8.09. The van der Waals surface area contributed by atoms with Crippen molar-refractivity contribution in [3.63, 3.8) is 0 Å². The van der Waals surface area contributed by atoms with E-state index in [9.17, 15) is 4.79 Å². The summed E-state index contributed by atoms with van der Waals surface area (Å²) >= 11 is 6.09. The number of carbonyl (C=O) groups is 1. The standard InChI is InChI=1S/C17H23ClN2O/c18-14-5-1-4-13(10-14)15-6-2-9-20(15)16(21)11-17(12-19)7-3-8-17/h1,4-5,10,15H,2-3,6-9,11-12,19H2. The summed E-state index contributed by atoms with van der Waals surface area (Å²) in [4.78, 5) is 14.8. The molecule has 114 valence electrons. The van der Waals surface area contributed by atoms with E-state index in [1.165, 1.54) is 6.42 Å². The zero-order chi connectivity index (χ0) is 14.9. The van der Waals surface area contributed by atoms with Crippen molar-refractivity contribution in [1.29, 1.82) is 0 Å². The number of carbonyl (C=O) groups excluding carboxylic acids is 1. The number of hydrogen-bond acceptors (Lipinski definition) is 2. The molecule has 1 saturated heterocycles. The highest BCUT2D eigenvalue weighted by atomic mass is 35.5. The third-order valence-corrected chi connectivity index (χ3v) is 5.42. The fourth-order valence-corrected chi connectivity index (χ4v) is 3.88. The lowest BCUT2D eigenvalue weighted by Gasteiger charge is -2.41. The summed E-state index contributed by atoms with van der Waals surface area (Å²) in [6.45, 7) is 1.49. The van der Waals surface area contributed by atoms with E-state index in [1.54, 1.807) is 0 Å². The Balaban J connectivity index is 1.73. The van der Waals surface area contributed by atoms with E-state index >= 15 is 0 Å². The molecular formula is C17H23ClN2O. The van der Waals surface area contributed by atoms with Crippen LogP contribution in [0.15, 0.2) is 24.3 Å². The second kappa shape index (κ2) is 5.98. The molecule has 3 rings (SSSR count). The molecule has 0 aromatic heterocycles. The summed E-state index contributed by atoms with van der Waals surface area (Å²) in [5, 5.41) is 0.740. The number of halogens is 1. The van der Waals surface area contributed by atoms with Gasteiger partial charge in [0.1, 0.15) is 0 Å². The highest BCUT2D eigenvalue weighted by Gasteiger charge is 2.40. The van der Waals surface area contributed by atoms with E-state index in [4.69, 9.17) is 17.3 Å². The molecule has 1 aliphatic carbocycles. The molecule has 1 atom stereocenters. The Bertz CT molecular complexity index is 522. The molecule has 1 aromatic rings. The number of amides is 1. The van der Waals surface area contributed by atoms with Gasteiger partial charge < -0.3 is 10.6 Å². The van der Waals surface area contributed by atoms with E-state index in [1.807, 2.05) is 23.1 Å². The highest BCUT2D eigenvalue weighted by molar-refractivity contribution is 6.30. The number of benzene rings is 1. The number of hydrogen-bond donors (Lipinski definition) is 1. The summed E-state index contributed by atoms with van der Waals surface area (Å²) in [6.07, 6.45) is 6.12. The summed E-state index contributed by atoms with van der Waals surface area (Å²) in [5.41, 5.74) is 7.13. The minimum Gasteiger partial charge on any atom is -0.336 e. The summed E-state index contributed by atoms with van der Waals surface area (Å²) in [7, 11) is 0. The van der Waals surface area contributed by atoms with Crippen molar-refractivity contribution in [2.45, 2.75) is 44.6 Å². The third kappa shape index (κ3) is 2.95. The van der Waals surface area contributed by atoms with Gasteiger partial charge in [0.25, 0.3) is 0 Å². The van der Waals surface area contributed by atoms with E-state index < -0.39 is 0 Å². The van der Waals surface area contributed by atoms with Crippen LogP contribution in [-0.2, 0) is 4.79 Å². The Morgan fingerprint density at radius 1 is 1.38 bits per heavy atom. The number of rotatable bonds is 4. The first kappa shape index (κ1) is 14.9. The molecular weight excluding hydrogens is 284 g/mol. The molecule has 0 bridgehead atoms. The van der Waals surface area contributed by atoms with E-state index in [0.717, 1.165) is 42.8 Å². The van der Waals surface area contributed by atoms with Crippen LogP contribution in [0.5, 0.6) is 0 Å². The van der Waals surface area contributed by atoms with Crippen LogP contribution in [0.25, 0.3) is 0 Å². The van der Waals surface area contributed by atoms with Gasteiger partial charge in [0.2, 0.25) is 5.91 Å². The minimum absolute atomic E-state index is 0.0819. The predicted molar refractivity (Wildman–Crippen MR) is 85.1 cm³/mol. The van der Waals surface area contributed by atoms with Gasteiger partial charge in [0.15, 0.2) is 0 Å². The molecule has 2 aliphatic rings. The van der Waals surface area contributed by atoms with Gasteiger partial charge in [-0.25, -0.2) is 0 Å². The Morgan fingerprint density at radius 2 is 2.19 bits per heavy atom. The molecule has 1 aliphatic heterocycles. The zero-order valence-electron chi connectivity index (χ0n) is 12.4. The average molecular weight is 307 g/mol. The van der Waals surface area contributed by atoms with Gasteiger partial charge >= 0.3 is 0 Å². The van der Waals surface area contributed by atoms with Crippen molar-refractivity contribution in [2.75, 3.05) is 13.1 Å². The molecule has 1 saturated carbocycles. The van der Waals surface area contributed by atoms with Gasteiger partial charge in [0.05, 0.1) is 6.04 Å². The third-order valence-electron chi connectivity index (χ3n) is 5.18. The monoisotopic (exact) mass is 306 g/mol. The second-order valence-electron chi connectivity index (χ2n) is 6.53. The van der Waals surface area contributed by atoms with Crippen LogP contribution < -0.4 is 5.73 Å². The largest absolute Gasteiger partial charge is 0.336 e. The van der Waals surface area contributed by atoms with E-state index in [-0.39, 0.29) is 17.4 Å². The normalized spacial score (nSPS) is 23.9. The molecule has 21 heavy (non-hydrogen) atoms. The Labute approximate surface area is 131 Å². The molecule has 4 heteroatoms. The molecule has 1 heterocycles. The molecule has 2 fully saturated rings. The lowest BCUT2D eigenvalue weighted by atomic mass is 9.66. The van der Waals surface area contributed by atoms with Crippen molar-refractivity contribution < 1.29 is 4.79 Å². The molecule has 1 unspecified atom stereocenters. The smallest absolute Gasteiger partial charge is 0.223 e. The molecule has 3 nitrogen and oxygen atoms in total. The lowest BCUT2D eigenvalue weighted by Crippen LogP contribution is -2.43. The number of nitrogens with zero attached hydrogens (tertiary/aromatic N) is 1. The van der Waals surface area contributed by atoms with E-state index in [0.29, 0.717) is 13.0 Å². The van der Waals surface area contributed by atoms with Crippen molar-refractivity contribution in [2.24, 2.45) is 11.1 Å². The number of likely N-dealkylation sites (tertiary alicyclic amines) is 1. The Morgan fingerprint density at radius 3 is 2.81 bits per heavy atom. The van der Waals surface area contributed by atoms with E-state index in [2.05, 4.69) is 6.07 Å². The lowest BCUT2D eigenvalue weighted by molar-refractivity contribution is -0.136. The second-order valence-corrected chi connectivity index (χ2v) is 6.97. The van der Waals surface area contributed by atoms with Crippen molar-refractivity contribution in [3.05, 3.63) is 34.9 Å². The van der Waals surface area contributed by atoms with Gasteiger partial charge in [-0.05, 0) is 55.3 Å². The maximum absolute atomic E-state index is 12.7. The Hall–Kier alpha value is -1.06. The van der Waals surface area contributed by atoms with Crippen LogP contribution in [0.2, 0.25) is 5.02 Å². The van der Waals surface area contributed by atoms with Crippen LogP contribution in [0, 0.1) is 5.41 Å². The zero-order valence-corrected chi connectivity index (χ0v) is 13.1. The Kier molecular flexibility index (Phi) is 4.23. The molecule has 2 N–H and O–H groups in total. The van der Waals surface area contributed by atoms with Crippen molar-refractivity contribution >= 4 is 17.5 Å². The average Bonchev–Trinajstić information content (AvgIpc) is 2.92. The first-order chi connectivity index (χ1) is 10.1. The summed E-state index contributed by atoms with van der Waals surface area (Å²) in [5.74, 6) is 0.266. The van der Waals surface area contributed by atoms with Gasteiger partial charge in [0, 0.05) is 18.0 Å². The maximum atomic E-state index is 12.7. The minimum atomic E-state index is 0.0819. The van der Waals surface area contributed by atoms with Crippen LogP contribution in [0.1, 0.15) is 50.1 Å².